The van der Waals surface area contributed by atoms with Crippen molar-refractivity contribution >= 4 is 17.8 Å². The van der Waals surface area contributed by atoms with Gasteiger partial charge in [0.15, 0.2) is 0 Å². The fourth-order valence-corrected chi connectivity index (χ4v) is 2.75. The van der Waals surface area contributed by atoms with Gasteiger partial charge in [0.25, 0.3) is 5.91 Å². The molecule has 1 aliphatic carbocycles. The number of carboxylic acid groups (broad SMARTS) is 1. The second-order valence-electron chi connectivity index (χ2n) is 6.03. The van der Waals surface area contributed by atoms with E-state index in [-0.39, 0.29) is 18.4 Å². The zero-order valence-electron chi connectivity index (χ0n) is 12.6. The van der Waals surface area contributed by atoms with Gasteiger partial charge in [0, 0.05) is 18.7 Å². The lowest BCUT2D eigenvalue weighted by molar-refractivity contribution is -0.140. The lowest BCUT2D eigenvalue weighted by Crippen LogP contribution is -2.36. The molecule has 3 N–H and O–H groups in total. The average Bonchev–Trinajstić information content (AvgIpc) is 3.07. The Morgan fingerprint density at radius 3 is 2.18 bits per heavy atom. The molecule has 1 fully saturated rings. The maximum Gasteiger partial charge on any atom is 0.307 e. The summed E-state index contributed by atoms with van der Waals surface area (Å²) < 4.78 is 0. The Bertz CT molecular complexity index is 583. The zero-order valence-corrected chi connectivity index (χ0v) is 12.6. The third kappa shape index (κ3) is 3.27. The summed E-state index contributed by atoms with van der Waals surface area (Å²) in [6.45, 7) is 4.11. The average molecular weight is 304 g/mol. The molecule has 0 heterocycles. The highest BCUT2D eigenvalue weighted by atomic mass is 16.4. The van der Waals surface area contributed by atoms with E-state index in [0.717, 1.165) is 0 Å². The topological polar surface area (TPSA) is 95.5 Å². The highest BCUT2D eigenvalue weighted by Gasteiger charge is 2.65. The van der Waals surface area contributed by atoms with Gasteiger partial charge in [0.2, 0.25) is 5.91 Å². The summed E-state index contributed by atoms with van der Waals surface area (Å²) in [5.41, 5.74) is 0.0477. The highest BCUT2D eigenvalue weighted by Crippen LogP contribution is 2.58. The van der Waals surface area contributed by atoms with Gasteiger partial charge in [-0.1, -0.05) is 32.0 Å². The number of carbonyl (C=O) groups is 3. The second-order valence-corrected chi connectivity index (χ2v) is 6.03. The fourth-order valence-electron chi connectivity index (χ4n) is 2.75. The summed E-state index contributed by atoms with van der Waals surface area (Å²) in [6, 6.07) is 8.79. The summed E-state index contributed by atoms with van der Waals surface area (Å²) >= 11 is 0. The molecule has 2 rings (SSSR count). The van der Waals surface area contributed by atoms with Crippen molar-refractivity contribution in [3.63, 3.8) is 0 Å². The fraction of sp³-hybridized carbons (Fsp3) is 0.438. The van der Waals surface area contributed by atoms with Gasteiger partial charge in [-0.2, -0.15) is 0 Å². The van der Waals surface area contributed by atoms with Gasteiger partial charge in [0.05, 0.1) is 11.8 Å². The minimum Gasteiger partial charge on any atom is -0.481 e. The summed E-state index contributed by atoms with van der Waals surface area (Å²) in [4.78, 5) is 34.8. The molecule has 1 aromatic rings. The second kappa shape index (κ2) is 6.17. The van der Waals surface area contributed by atoms with E-state index in [2.05, 4.69) is 10.6 Å². The van der Waals surface area contributed by atoms with Crippen LogP contribution in [0.2, 0.25) is 0 Å². The Morgan fingerprint density at radius 1 is 1.05 bits per heavy atom. The van der Waals surface area contributed by atoms with Crippen LogP contribution in [0.4, 0.5) is 0 Å². The third-order valence-corrected chi connectivity index (χ3v) is 4.12. The van der Waals surface area contributed by atoms with Crippen molar-refractivity contribution in [1.29, 1.82) is 0 Å². The molecule has 6 heteroatoms. The van der Waals surface area contributed by atoms with E-state index in [9.17, 15) is 14.4 Å². The smallest absolute Gasteiger partial charge is 0.307 e. The molecular weight excluding hydrogens is 284 g/mol. The van der Waals surface area contributed by atoms with Crippen molar-refractivity contribution in [2.45, 2.75) is 13.8 Å². The van der Waals surface area contributed by atoms with Crippen molar-refractivity contribution in [3.8, 4) is 0 Å². The highest BCUT2D eigenvalue weighted by molar-refractivity contribution is 5.94. The molecule has 6 nitrogen and oxygen atoms in total. The molecule has 118 valence electrons. The minimum atomic E-state index is -0.942. The first-order valence-corrected chi connectivity index (χ1v) is 7.19. The monoisotopic (exact) mass is 304 g/mol. The first-order chi connectivity index (χ1) is 10.4. The van der Waals surface area contributed by atoms with E-state index in [1.165, 1.54) is 0 Å². The number of aliphatic carboxylic acids is 1. The van der Waals surface area contributed by atoms with Crippen molar-refractivity contribution in [2.75, 3.05) is 13.1 Å². The predicted octanol–water partition coefficient (Wildman–Crippen LogP) is 0.889. The SMILES string of the molecule is CC1(C)[C@H](C(=O)O)[C@@H]1C(=O)NCCNC(=O)c1ccccc1. The van der Waals surface area contributed by atoms with Crippen molar-refractivity contribution in [3.05, 3.63) is 35.9 Å². The van der Waals surface area contributed by atoms with Gasteiger partial charge in [-0.25, -0.2) is 0 Å². The normalized spacial score (nSPS) is 21.7. The van der Waals surface area contributed by atoms with Crippen LogP contribution in [0.5, 0.6) is 0 Å². The predicted molar refractivity (Wildman–Crippen MR) is 80.2 cm³/mol. The number of nitrogens with one attached hydrogen (secondary N) is 2. The summed E-state index contributed by atoms with van der Waals surface area (Å²) in [5.74, 6) is -2.56. The first kappa shape index (κ1) is 16.0. The maximum absolute atomic E-state index is 12.0. The maximum atomic E-state index is 12.0. The van der Waals surface area contributed by atoms with Gasteiger partial charge in [-0.15, -0.1) is 0 Å². The van der Waals surface area contributed by atoms with Crippen molar-refractivity contribution < 1.29 is 19.5 Å². The number of benzene rings is 1. The van der Waals surface area contributed by atoms with Crippen LogP contribution < -0.4 is 10.6 Å². The van der Waals surface area contributed by atoms with E-state index in [0.29, 0.717) is 12.1 Å². The van der Waals surface area contributed by atoms with E-state index in [1.54, 1.807) is 38.1 Å². The lowest BCUT2D eigenvalue weighted by atomic mass is 10.1. The van der Waals surface area contributed by atoms with Gasteiger partial charge >= 0.3 is 5.97 Å². The quantitative estimate of drug-likeness (QED) is 0.680. The molecule has 0 radical (unpaired) electrons. The Balaban J connectivity index is 1.73. The van der Waals surface area contributed by atoms with Gasteiger partial charge in [-0.05, 0) is 17.5 Å². The first-order valence-electron chi connectivity index (χ1n) is 7.19. The Morgan fingerprint density at radius 2 is 1.64 bits per heavy atom. The molecule has 0 unspecified atom stereocenters. The standard InChI is InChI=1S/C16H20N2O4/c1-16(2)11(12(16)15(21)22)14(20)18-9-8-17-13(19)10-6-4-3-5-7-10/h3-7,11-12H,8-9H2,1-2H3,(H,17,19)(H,18,20)(H,21,22)/t11-,12+/m1/s1. The van der Waals surface area contributed by atoms with Gasteiger partial charge < -0.3 is 15.7 Å². The third-order valence-electron chi connectivity index (χ3n) is 4.12. The Labute approximate surface area is 128 Å². The zero-order chi connectivity index (χ0) is 16.3. The molecule has 0 saturated heterocycles. The summed E-state index contributed by atoms with van der Waals surface area (Å²) in [5, 5.41) is 14.4. The van der Waals surface area contributed by atoms with E-state index >= 15 is 0 Å². The lowest BCUT2D eigenvalue weighted by Gasteiger charge is -2.07. The van der Waals surface area contributed by atoms with Gasteiger partial charge in [-0.3, -0.25) is 14.4 Å². The van der Waals surface area contributed by atoms with Crippen LogP contribution in [0.15, 0.2) is 30.3 Å². The molecule has 1 aliphatic rings. The number of rotatable bonds is 6. The summed E-state index contributed by atoms with van der Waals surface area (Å²) in [7, 11) is 0. The van der Waals surface area contributed by atoms with Crippen LogP contribution in [0, 0.1) is 17.3 Å². The number of hydrogen-bond acceptors (Lipinski definition) is 3. The number of amides is 2. The van der Waals surface area contributed by atoms with Crippen molar-refractivity contribution in [2.24, 2.45) is 17.3 Å². The van der Waals surface area contributed by atoms with Crippen LogP contribution in [0.25, 0.3) is 0 Å². The molecular formula is C16H20N2O4. The number of hydrogen-bond donors (Lipinski definition) is 3. The molecule has 22 heavy (non-hydrogen) atoms. The Kier molecular flexibility index (Phi) is 4.49. The molecule has 1 aromatic carbocycles. The van der Waals surface area contributed by atoms with Crippen LogP contribution in [0.1, 0.15) is 24.2 Å². The van der Waals surface area contributed by atoms with E-state index in [1.807, 2.05) is 6.07 Å². The molecule has 0 spiro atoms. The van der Waals surface area contributed by atoms with E-state index in [4.69, 9.17) is 5.11 Å². The summed E-state index contributed by atoms with van der Waals surface area (Å²) in [6.07, 6.45) is 0. The van der Waals surface area contributed by atoms with Crippen molar-refractivity contribution in [1.82, 2.24) is 10.6 Å². The molecule has 0 aromatic heterocycles. The van der Waals surface area contributed by atoms with Crippen LogP contribution >= 0.6 is 0 Å². The number of carbonyl (C=O) groups excluding carboxylic acids is 2. The van der Waals surface area contributed by atoms with Gasteiger partial charge in [0.1, 0.15) is 0 Å². The molecule has 2 atom stereocenters. The van der Waals surface area contributed by atoms with E-state index < -0.39 is 23.2 Å². The number of carboxylic acids is 1. The largest absolute Gasteiger partial charge is 0.481 e. The molecule has 0 bridgehead atoms. The molecule has 1 saturated carbocycles. The minimum absolute atomic E-state index is 0.204. The Hall–Kier alpha value is -2.37. The molecule has 2 amide bonds. The van der Waals surface area contributed by atoms with Crippen LogP contribution in [0.3, 0.4) is 0 Å². The van der Waals surface area contributed by atoms with Crippen LogP contribution in [-0.4, -0.2) is 36.0 Å². The van der Waals surface area contributed by atoms with Crippen LogP contribution in [-0.2, 0) is 9.59 Å². The molecule has 0 aliphatic heterocycles.